The van der Waals surface area contributed by atoms with Gasteiger partial charge in [0.05, 0.1) is 18.7 Å². The first-order valence-corrected chi connectivity index (χ1v) is 8.22. The van der Waals surface area contributed by atoms with E-state index in [0.717, 1.165) is 12.0 Å². The Hall–Kier alpha value is -1.46. The van der Waals surface area contributed by atoms with Gasteiger partial charge < -0.3 is 19.9 Å². The van der Waals surface area contributed by atoms with Gasteiger partial charge in [-0.15, -0.1) is 0 Å². The van der Waals surface area contributed by atoms with E-state index in [9.17, 15) is 9.90 Å². The lowest BCUT2D eigenvalue weighted by Gasteiger charge is -2.18. The number of carboxylic acid groups (broad SMARTS) is 1. The Morgan fingerprint density at radius 1 is 1.39 bits per heavy atom. The lowest BCUT2D eigenvalue weighted by molar-refractivity contribution is -0.140. The van der Waals surface area contributed by atoms with E-state index >= 15 is 0 Å². The van der Waals surface area contributed by atoms with Crippen molar-refractivity contribution in [2.45, 2.75) is 46.2 Å². The molecule has 0 bridgehead atoms. The zero-order chi connectivity index (χ0) is 17.4. The van der Waals surface area contributed by atoms with Crippen molar-refractivity contribution in [3.05, 3.63) is 22.7 Å². The first kappa shape index (κ1) is 19.6. The van der Waals surface area contributed by atoms with Crippen LogP contribution in [0.4, 0.5) is 0 Å². The van der Waals surface area contributed by atoms with E-state index in [2.05, 4.69) is 5.32 Å². The number of hydrogen-bond acceptors (Lipinski definition) is 4. The maximum absolute atomic E-state index is 11.3. The summed E-state index contributed by atoms with van der Waals surface area (Å²) in [6.07, 6.45) is 1.44. The minimum absolute atomic E-state index is 0.298. The van der Waals surface area contributed by atoms with Crippen LogP contribution in [0.25, 0.3) is 0 Å². The van der Waals surface area contributed by atoms with Crippen LogP contribution in [-0.4, -0.2) is 30.8 Å². The van der Waals surface area contributed by atoms with Crippen LogP contribution < -0.4 is 14.8 Å². The van der Waals surface area contributed by atoms with E-state index < -0.39 is 12.0 Å². The Balaban J connectivity index is 2.84. The van der Waals surface area contributed by atoms with Gasteiger partial charge in [0.15, 0.2) is 11.5 Å². The van der Waals surface area contributed by atoms with Crippen LogP contribution in [0, 0.1) is 5.92 Å². The average molecular weight is 344 g/mol. The van der Waals surface area contributed by atoms with Crippen molar-refractivity contribution in [3.63, 3.8) is 0 Å². The van der Waals surface area contributed by atoms with E-state index in [-0.39, 0.29) is 0 Å². The maximum atomic E-state index is 11.3. The number of halogens is 1. The van der Waals surface area contributed by atoms with Gasteiger partial charge in [0.2, 0.25) is 0 Å². The second-order valence-electron chi connectivity index (χ2n) is 5.86. The number of hydrogen-bond donors (Lipinski definition) is 2. The third-order valence-electron chi connectivity index (χ3n) is 3.30. The van der Waals surface area contributed by atoms with Gasteiger partial charge in [0.1, 0.15) is 6.04 Å². The molecule has 23 heavy (non-hydrogen) atoms. The molecule has 0 spiro atoms. The van der Waals surface area contributed by atoms with Crippen LogP contribution >= 0.6 is 11.6 Å². The molecule has 0 aliphatic carbocycles. The van der Waals surface area contributed by atoms with Crippen LogP contribution in [-0.2, 0) is 11.3 Å². The standard InChI is InChI=1S/C17H26ClNO4/c1-5-6-23-16-13(18)8-12(9-15(16)22-4)10-19-14(17(20)21)7-11(2)3/h8-9,11,14,19H,5-7,10H2,1-4H3,(H,20,21)/t14-/m1/s1. The van der Waals surface area contributed by atoms with Crippen molar-refractivity contribution in [1.29, 1.82) is 0 Å². The van der Waals surface area contributed by atoms with Gasteiger partial charge in [-0.05, 0) is 36.5 Å². The highest BCUT2D eigenvalue weighted by molar-refractivity contribution is 6.32. The highest BCUT2D eigenvalue weighted by Crippen LogP contribution is 2.36. The highest BCUT2D eigenvalue weighted by Gasteiger charge is 2.19. The summed E-state index contributed by atoms with van der Waals surface area (Å²) in [5.41, 5.74) is 0.853. The summed E-state index contributed by atoms with van der Waals surface area (Å²) in [6, 6.07) is 3.00. The molecule has 2 N–H and O–H groups in total. The van der Waals surface area contributed by atoms with Gasteiger partial charge >= 0.3 is 5.97 Å². The molecule has 0 unspecified atom stereocenters. The monoisotopic (exact) mass is 343 g/mol. The van der Waals surface area contributed by atoms with Crippen LogP contribution in [0.5, 0.6) is 11.5 Å². The molecule has 1 rings (SSSR count). The van der Waals surface area contributed by atoms with Crippen molar-refractivity contribution in [2.75, 3.05) is 13.7 Å². The van der Waals surface area contributed by atoms with Crippen LogP contribution in [0.15, 0.2) is 12.1 Å². The van der Waals surface area contributed by atoms with Crippen LogP contribution in [0.1, 0.15) is 39.2 Å². The molecule has 0 aliphatic heterocycles. The molecule has 1 aromatic rings. The highest BCUT2D eigenvalue weighted by atomic mass is 35.5. The molecule has 0 fully saturated rings. The topological polar surface area (TPSA) is 67.8 Å². The number of aliphatic carboxylic acids is 1. The number of benzene rings is 1. The summed E-state index contributed by atoms with van der Waals surface area (Å²) in [5.74, 6) is 0.529. The van der Waals surface area contributed by atoms with Crippen molar-refractivity contribution in [2.24, 2.45) is 5.92 Å². The van der Waals surface area contributed by atoms with Crippen molar-refractivity contribution < 1.29 is 19.4 Å². The summed E-state index contributed by atoms with van der Waals surface area (Å²) < 4.78 is 10.9. The summed E-state index contributed by atoms with van der Waals surface area (Å²) in [4.78, 5) is 11.3. The minimum atomic E-state index is -0.848. The molecular weight excluding hydrogens is 318 g/mol. The largest absolute Gasteiger partial charge is 0.493 e. The van der Waals surface area contributed by atoms with E-state index in [1.165, 1.54) is 0 Å². The SMILES string of the molecule is CCCOc1c(Cl)cc(CN[C@H](CC(C)C)C(=O)O)cc1OC. The van der Waals surface area contributed by atoms with E-state index in [0.29, 0.717) is 42.0 Å². The van der Waals surface area contributed by atoms with Crippen molar-refractivity contribution >= 4 is 17.6 Å². The third-order valence-corrected chi connectivity index (χ3v) is 3.58. The number of ether oxygens (including phenoxy) is 2. The maximum Gasteiger partial charge on any atom is 0.320 e. The predicted octanol–water partition coefficient (Wildman–Crippen LogP) is 3.73. The molecule has 0 saturated heterocycles. The predicted molar refractivity (Wildman–Crippen MR) is 91.5 cm³/mol. The Labute approximate surface area is 142 Å². The average Bonchev–Trinajstić information content (AvgIpc) is 2.49. The Bertz CT molecular complexity index is 520. The van der Waals surface area contributed by atoms with Crippen molar-refractivity contribution in [1.82, 2.24) is 5.32 Å². The third kappa shape index (κ3) is 6.28. The molecule has 130 valence electrons. The molecule has 0 amide bonds. The Morgan fingerprint density at radius 2 is 2.09 bits per heavy atom. The van der Waals surface area contributed by atoms with E-state index in [1.54, 1.807) is 13.2 Å². The fourth-order valence-electron chi connectivity index (χ4n) is 2.20. The molecule has 0 aromatic heterocycles. The van der Waals surface area contributed by atoms with Gasteiger partial charge in [-0.1, -0.05) is 32.4 Å². The second kappa shape index (κ2) is 9.63. The summed E-state index contributed by atoms with van der Waals surface area (Å²) in [6.45, 7) is 6.96. The molecule has 5 nitrogen and oxygen atoms in total. The number of methoxy groups -OCH3 is 1. The molecule has 0 heterocycles. The van der Waals surface area contributed by atoms with Gasteiger partial charge in [0.25, 0.3) is 0 Å². The van der Waals surface area contributed by atoms with Crippen LogP contribution in [0.2, 0.25) is 5.02 Å². The zero-order valence-electron chi connectivity index (χ0n) is 14.2. The summed E-state index contributed by atoms with van der Waals surface area (Å²) in [7, 11) is 1.56. The zero-order valence-corrected chi connectivity index (χ0v) is 14.9. The smallest absolute Gasteiger partial charge is 0.320 e. The van der Waals surface area contributed by atoms with E-state index in [1.807, 2.05) is 26.8 Å². The van der Waals surface area contributed by atoms with E-state index in [4.69, 9.17) is 21.1 Å². The van der Waals surface area contributed by atoms with Gasteiger partial charge in [0, 0.05) is 6.54 Å². The second-order valence-corrected chi connectivity index (χ2v) is 6.27. The number of carbonyl (C=O) groups is 1. The first-order chi connectivity index (χ1) is 10.9. The quantitative estimate of drug-likeness (QED) is 0.677. The molecular formula is C17H26ClNO4. The molecule has 0 saturated carbocycles. The molecule has 1 atom stereocenters. The minimum Gasteiger partial charge on any atom is -0.493 e. The fourth-order valence-corrected chi connectivity index (χ4v) is 2.49. The molecule has 6 heteroatoms. The van der Waals surface area contributed by atoms with Gasteiger partial charge in [-0.25, -0.2) is 0 Å². The van der Waals surface area contributed by atoms with Crippen LogP contribution in [0.3, 0.4) is 0 Å². The fraction of sp³-hybridized carbons (Fsp3) is 0.588. The Morgan fingerprint density at radius 3 is 2.61 bits per heavy atom. The number of rotatable bonds is 10. The first-order valence-electron chi connectivity index (χ1n) is 7.84. The Kier molecular flexibility index (Phi) is 8.20. The number of carboxylic acids is 1. The molecule has 0 aliphatic rings. The summed E-state index contributed by atoms with van der Waals surface area (Å²) >= 11 is 6.26. The summed E-state index contributed by atoms with van der Waals surface area (Å²) in [5, 5.41) is 12.8. The molecule has 0 radical (unpaired) electrons. The lowest BCUT2D eigenvalue weighted by atomic mass is 10.0. The van der Waals surface area contributed by atoms with Gasteiger partial charge in [-0.3, -0.25) is 4.79 Å². The normalized spacial score (nSPS) is 12.3. The number of nitrogens with one attached hydrogen (secondary N) is 1. The molecule has 1 aromatic carbocycles. The van der Waals surface area contributed by atoms with Gasteiger partial charge in [-0.2, -0.15) is 0 Å². The lowest BCUT2D eigenvalue weighted by Crippen LogP contribution is -2.37. The van der Waals surface area contributed by atoms with Crippen molar-refractivity contribution in [3.8, 4) is 11.5 Å².